The second-order valence-electron chi connectivity index (χ2n) is 5.17. The van der Waals surface area contributed by atoms with Crippen molar-refractivity contribution in [2.24, 2.45) is 5.92 Å². The fraction of sp³-hybridized carbons (Fsp3) is 1.00. The van der Waals surface area contributed by atoms with Crippen molar-refractivity contribution in [1.29, 1.82) is 0 Å². The van der Waals surface area contributed by atoms with Gasteiger partial charge in [-0.3, -0.25) is 4.90 Å². The maximum atomic E-state index is 3.54. The Balaban J connectivity index is 3.41. The monoisotopic (exact) mass is 228 g/mol. The van der Waals surface area contributed by atoms with Crippen LogP contribution in [0, 0.1) is 5.92 Å². The van der Waals surface area contributed by atoms with E-state index in [0.29, 0.717) is 0 Å². The standard InChI is InChI=1S/C14H32N2/c1-6-14(5)16(7-2)12-11-15-10-8-9-13(3)4/h13-15H,6-12H2,1-5H3. The van der Waals surface area contributed by atoms with E-state index < -0.39 is 0 Å². The van der Waals surface area contributed by atoms with E-state index in [4.69, 9.17) is 0 Å². The first kappa shape index (κ1) is 15.9. The molecule has 0 radical (unpaired) electrons. The van der Waals surface area contributed by atoms with Crippen molar-refractivity contribution in [3.05, 3.63) is 0 Å². The van der Waals surface area contributed by atoms with Gasteiger partial charge in [0.25, 0.3) is 0 Å². The van der Waals surface area contributed by atoms with Crippen molar-refractivity contribution < 1.29 is 0 Å². The van der Waals surface area contributed by atoms with Gasteiger partial charge in [-0.2, -0.15) is 0 Å². The highest BCUT2D eigenvalue weighted by Crippen LogP contribution is 2.03. The zero-order valence-electron chi connectivity index (χ0n) is 12.1. The summed E-state index contributed by atoms with van der Waals surface area (Å²) in [4.78, 5) is 2.55. The molecule has 0 aromatic rings. The van der Waals surface area contributed by atoms with Gasteiger partial charge in [0.05, 0.1) is 0 Å². The predicted octanol–water partition coefficient (Wildman–Crippen LogP) is 3.13. The highest BCUT2D eigenvalue weighted by Gasteiger charge is 2.08. The zero-order valence-corrected chi connectivity index (χ0v) is 12.1. The molecule has 0 fully saturated rings. The SMILES string of the molecule is CCC(C)N(CC)CCNCCCC(C)C. The average molecular weight is 228 g/mol. The van der Waals surface area contributed by atoms with E-state index in [1.54, 1.807) is 0 Å². The van der Waals surface area contributed by atoms with Gasteiger partial charge in [0.1, 0.15) is 0 Å². The number of hydrogen-bond donors (Lipinski definition) is 1. The van der Waals surface area contributed by atoms with Gasteiger partial charge >= 0.3 is 0 Å². The van der Waals surface area contributed by atoms with Crippen molar-refractivity contribution in [2.45, 2.75) is 59.9 Å². The van der Waals surface area contributed by atoms with Crippen molar-refractivity contribution in [2.75, 3.05) is 26.2 Å². The molecule has 0 rings (SSSR count). The number of nitrogens with zero attached hydrogens (tertiary/aromatic N) is 1. The zero-order chi connectivity index (χ0) is 12.4. The molecule has 0 aliphatic rings. The van der Waals surface area contributed by atoms with Crippen LogP contribution in [0.2, 0.25) is 0 Å². The van der Waals surface area contributed by atoms with Crippen LogP contribution < -0.4 is 5.32 Å². The molecule has 0 aliphatic carbocycles. The molecule has 2 nitrogen and oxygen atoms in total. The Labute approximate surface area is 103 Å². The molecule has 1 atom stereocenters. The molecular weight excluding hydrogens is 196 g/mol. The van der Waals surface area contributed by atoms with Gasteiger partial charge in [0.15, 0.2) is 0 Å². The van der Waals surface area contributed by atoms with Crippen LogP contribution in [-0.2, 0) is 0 Å². The number of hydrogen-bond acceptors (Lipinski definition) is 2. The van der Waals surface area contributed by atoms with Crippen molar-refractivity contribution in [1.82, 2.24) is 10.2 Å². The van der Waals surface area contributed by atoms with Crippen LogP contribution in [0.3, 0.4) is 0 Å². The molecule has 0 saturated heterocycles. The van der Waals surface area contributed by atoms with Crippen molar-refractivity contribution in [3.8, 4) is 0 Å². The van der Waals surface area contributed by atoms with Gasteiger partial charge in [0.2, 0.25) is 0 Å². The van der Waals surface area contributed by atoms with Crippen LogP contribution in [0.25, 0.3) is 0 Å². The summed E-state index contributed by atoms with van der Waals surface area (Å²) >= 11 is 0. The van der Waals surface area contributed by atoms with E-state index in [2.05, 4.69) is 44.8 Å². The van der Waals surface area contributed by atoms with Gasteiger partial charge in [-0.05, 0) is 45.2 Å². The summed E-state index contributed by atoms with van der Waals surface area (Å²) in [6, 6.07) is 0.725. The molecule has 0 aliphatic heterocycles. The van der Waals surface area contributed by atoms with Crippen molar-refractivity contribution in [3.63, 3.8) is 0 Å². The van der Waals surface area contributed by atoms with Gasteiger partial charge < -0.3 is 5.32 Å². The summed E-state index contributed by atoms with van der Waals surface area (Å²) in [5, 5.41) is 3.54. The van der Waals surface area contributed by atoms with Gasteiger partial charge in [-0.1, -0.05) is 27.7 Å². The molecule has 1 N–H and O–H groups in total. The first-order valence-electron chi connectivity index (χ1n) is 7.06. The molecule has 0 bridgehead atoms. The number of likely N-dealkylation sites (N-methyl/N-ethyl adjacent to an activating group) is 1. The van der Waals surface area contributed by atoms with E-state index >= 15 is 0 Å². The summed E-state index contributed by atoms with van der Waals surface area (Å²) in [6.45, 7) is 16.1. The smallest absolute Gasteiger partial charge is 0.0110 e. The molecular formula is C14H32N2. The van der Waals surface area contributed by atoms with E-state index in [0.717, 1.165) is 18.5 Å². The summed E-state index contributed by atoms with van der Waals surface area (Å²) in [5.74, 6) is 0.842. The van der Waals surface area contributed by atoms with Crippen LogP contribution in [-0.4, -0.2) is 37.1 Å². The van der Waals surface area contributed by atoms with E-state index in [9.17, 15) is 0 Å². The Kier molecular flexibility index (Phi) is 10.0. The number of rotatable bonds is 10. The summed E-state index contributed by atoms with van der Waals surface area (Å²) in [6.07, 6.45) is 3.91. The Morgan fingerprint density at radius 1 is 1.06 bits per heavy atom. The Morgan fingerprint density at radius 2 is 1.75 bits per heavy atom. The van der Waals surface area contributed by atoms with Gasteiger partial charge in [-0.15, -0.1) is 0 Å². The maximum absolute atomic E-state index is 3.54. The minimum absolute atomic E-state index is 0.725. The summed E-state index contributed by atoms with van der Waals surface area (Å²) < 4.78 is 0. The molecule has 0 spiro atoms. The lowest BCUT2D eigenvalue weighted by molar-refractivity contribution is 0.215. The van der Waals surface area contributed by atoms with Crippen LogP contribution in [0.4, 0.5) is 0 Å². The molecule has 98 valence electrons. The lowest BCUT2D eigenvalue weighted by Crippen LogP contribution is -2.38. The molecule has 0 aromatic carbocycles. The molecule has 0 heterocycles. The van der Waals surface area contributed by atoms with Crippen LogP contribution in [0.1, 0.15) is 53.9 Å². The molecule has 16 heavy (non-hydrogen) atoms. The fourth-order valence-electron chi connectivity index (χ4n) is 1.93. The van der Waals surface area contributed by atoms with E-state index in [1.165, 1.54) is 38.9 Å². The second-order valence-corrected chi connectivity index (χ2v) is 5.17. The molecule has 1 unspecified atom stereocenters. The van der Waals surface area contributed by atoms with Crippen LogP contribution in [0.5, 0.6) is 0 Å². The summed E-state index contributed by atoms with van der Waals surface area (Å²) in [5.41, 5.74) is 0. The topological polar surface area (TPSA) is 15.3 Å². The Hall–Kier alpha value is -0.0800. The largest absolute Gasteiger partial charge is 0.315 e. The quantitative estimate of drug-likeness (QED) is 0.578. The average Bonchev–Trinajstić information content (AvgIpc) is 2.27. The third-order valence-electron chi connectivity index (χ3n) is 3.33. The van der Waals surface area contributed by atoms with Gasteiger partial charge in [0, 0.05) is 19.1 Å². The fourth-order valence-corrected chi connectivity index (χ4v) is 1.93. The highest BCUT2D eigenvalue weighted by atomic mass is 15.2. The van der Waals surface area contributed by atoms with E-state index in [-0.39, 0.29) is 0 Å². The van der Waals surface area contributed by atoms with Crippen molar-refractivity contribution >= 4 is 0 Å². The first-order valence-corrected chi connectivity index (χ1v) is 7.06. The minimum atomic E-state index is 0.725. The molecule has 2 heteroatoms. The molecule has 0 aromatic heterocycles. The van der Waals surface area contributed by atoms with Gasteiger partial charge in [-0.25, -0.2) is 0 Å². The Morgan fingerprint density at radius 3 is 2.25 bits per heavy atom. The van der Waals surface area contributed by atoms with Crippen LogP contribution >= 0.6 is 0 Å². The normalized spacial score (nSPS) is 13.7. The molecule has 0 amide bonds. The highest BCUT2D eigenvalue weighted by molar-refractivity contribution is 4.65. The maximum Gasteiger partial charge on any atom is 0.0110 e. The van der Waals surface area contributed by atoms with Crippen LogP contribution in [0.15, 0.2) is 0 Å². The molecule has 0 saturated carbocycles. The second kappa shape index (κ2) is 10.1. The predicted molar refractivity (Wildman–Crippen MR) is 73.9 cm³/mol. The summed E-state index contributed by atoms with van der Waals surface area (Å²) in [7, 11) is 0. The Bertz CT molecular complexity index is 146. The third kappa shape index (κ3) is 8.12. The third-order valence-corrected chi connectivity index (χ3v) is 3.33. The minimum Gasteiger partial charge on any atom is -0.315 e. The van der Waals surface area contributed by atoms with E-state index in [1.807, 2.05) is 0 Å². The first-order chi connectivity index (χ1) is 7.61. The lowest BCUT2D eigenvalue weighted by atomic mass is 10.1. The number of nitrogens with one attached hydrogen (secondary N) is 1. The lowest BCUT2D eigenvalue weighted by Gasteiger charge is -2.26.